The number of nitro groups is 1. The molecule has 26 heavy (non-hydrogen) atoms. The fourth-order valence-corrected chi connectivity index (χ4v) is 2.78. The molecule has 0 radical (unpaired) electrons. The highest BCUT2D eigenvalue weighted by molar-refractivity contribution is 5.99. The number of hydrogen-bond acceptors (Lipinski definition) is 7. The van der Waals surface area contributed by atoms with Gasteiger partial charge in [0, 0.05) is 17.8 Å². The fraction of sp³-hybridized carbons (Fsp3) is 0.235. The van der Waals surface area contributed by atoms with Crippen LogP contribution in [0.25, 0.3) is 0 Å². The van der Waals surface area contributed by atoms with Gasteiger partial charge in [0.25, 0.3) is 5.69 Å². The first-order valence-electron chi connectivity index (χ1n) is 7.58. The zero-order valence-electron chi connectivity index (χ0n) is 14.0. The van der Waals surface area contributed by atoms with E-state index >= 15 is 0 Å². The highest BCUT2D eigenvalue weighted by atomic mass is 16.6. The van der Waals surface area contributed by atoms with E-state index in [1.165, 1.54) is 31.2 Å². The molecular weight excluding hydrogens is 342 g/mol. The molecular formula is C17H15N3O6. The zero-order chi connectivity index (χ0) is 19.4. The number of nitrogens with one attached hydrogen (secondary N) is 1. The molecule has 9 heteroatoms. The van der Waals surface area contributed by atoms with Crippen LogP contribution in [0.4, 0.5) is 5.69 Å². The molecule has 1 atom stereocenters. The Morgan fingerprint density at radius 2 is 2.12 bits per heavy atom. The summed E-state index contributed by atoms with van der Waals surface area (Å²) >= 11 is 0. The summed E-state index contributed by atoms with van der Waals surface area (Å²) in [7, 11) is 0. The summed E-state index contributed by atoms with van der Waals surface area (Å²) in [5.74, 6) is -3.35. The summed E-state index contributed by atoms with van der Waals surface area (Å²) in [4.78, 5) is 34.7. The Kier molecular flexibility index (Phi) is 5.37. The van der Waals surface area contributed by atoms with E-state index in [2.05, 4.69) is 5.32 Å². The van der Waals surface area contributed by atoms with Crippen LogP contribution in [0.2, 0.25) is 0 Å². The molecule has 2 N–H and O–H groups in total. The molecule has 0 amide bonds. The van der Waals surface area contributed by atoms with Crippen LogP contribution in [0.5, 0.6) is 0 Å². The highest BCUT2D eigenvalue weighted by Gasteiger charge is 2.39. The zero-order valence-corrected chi connectivity index (χ0v) is 14.0. The van der Waals surface area contributed by atoms with Crippen molar-refractivity contribution in [2.75, 3.05) is 6.61 Å². The number of nitro benzene ring substituents is 1. The fourth-order valence-electron chi connectivity index (χ4n) is 2.78. The van der Waals surface area contributed by atoms with Crippen molar-refractivity contribution in [1.82, 2.24) is 5.32 Å². The lowest BCUT2D eigenvalue weighted by Crippen LogP contribution is -2.32. The van der Waals surface area contributed by atoms with Crippen LogP contribution in [-0.2, 0) is 14.3 Å². The number of aliphatic carboxylic acids is 1. The number of ether oxygens (including phenoxy) is 1. The van der Waals surface area contributed by atoms with Crippen molar-refractivity contribution in [1.29, 1.82) is 5.26 Å². The van der Waals surface area contributed by atoms with Gasteiger partial charge in [0.1, 0.15) is 11.8 Å². The van der Waals surface area contributed by atoms with Gasteiger partial charge in [-0.15, -0.1) is 0 Å². The second-order valence-corrected chi connectivity index (χ2v) is 5.37. The number of carbonyl (C=O) groups excluding carboxylic acids is 1. The Bertz CT molecular complexity index is 894. The van der Waals surface area contributed by atoms with Gasteiger partial charge in [-0.3, -0.25) is 10.1 Å². The van der Waals surface area contributed by atoms with Gasteiger partial charge < -0.3 is 15.2 Å². The van der Waals surface area contributed by atoms with Gasteiger partial charge in [-0.1, -0.05) is 12.1 Å². The Morgan fingerprint density at radius 1 is 1.42 bits per heavy atom. The minimum Gasteiger partial charge on any atom is -0.478 e. The molecule has 1 aliphatic heterocycles. The number of nitriles is 1. The molecule has 1 aromatic carbocycles. The molecule has 1 heterocycles. The van der Waals surface area contributed by atoms with Crippen LogP contribution in [-0.4, -0.2) is 28.6 Å². The predicted octanol–water partition coefficient (Wildman–Crippen LogP) is 1.98. The van der Waals surface area contributed by atoms with Crippen molar-refractivity contribution in [3.8, 4) is 6.07 Å². The van der Waals surface area contributed by atoms with Crippen LogP contribution < -0.4 is 5.32 Å². The first kappa shape index (κ1) is 18.7. The van der Waals surface area contributed by atoms with Crippen LogP contribution in [0.3, 0.4) is 0 Å². The van der Waals surface area contributed by atoms with Crippen molar-refractivity contribution in [3.63, 3.8) is 0 Å². The number of dihydropyridines is 1. The van der Waals surface area contributed by atoms with E-state index in [4.69, 9.17) is 4.74 Å². The molecule has 1 unspecified atom stereocenters. The number of non-ortho nitro benzene ring substituents is 1. The second-order valence-electron chi connectivity index (χ2n) is 5.37. The van der Waals surface area contributed by atoms with Gasteiger partial charge in [-0.25, -0.2) is 9.59 Å². The number of benzene rings is 1. The van der Waals surface area contributed by atoms with E-state index in [0.29, 0.717) is 0 Å². The van der Waals surface area contributed by atoms with Crippen molar-refractivity contribution in [2.24, 2.45) is 0 Å². The summed E-state index contributed by atoms with van der Waals surface area (Å²) < 4.78 is 4.97. The summed E-state index contributed by atoms with van der Waals surface area (Å²) in [6, 6.07) is 7.11. The maximum Gasteiger partial charge on any atom is 0.337 e. The van der Waals surface area contributed by atoms with E-state index in [1.807, 2.05) is 6.07 Å². The maximum atomic E-state index is 12.4. The summed E-state index contributed by atoms with van der Waals surface area (Å²) in [6.45, 7) is 3.04. The molecule has 0 fully saturated rings. The lowest BCUT2D eigenvalue weighted by molar-refractivity contribution is -0.384. The lowest BCUT2D eigenvalue weighted by atomic mass is 9.80. The van der Waals surface area contributed by atoms with Crippen molar-refractivity contribution >= 4 is 17.6 Å². The Morgan fingerprint density at radius 3 is 2.65 bits per heavy atom. The third-order valence-electron chi connectivity index (χ3n) is 3.82. The highest BCUT2D eigenvalue weighted by Crippen LogP contribution is 2.39. The topological polar surface area (TPSA) is 143 Å². The van der Waals surface area contributed by atoms with Gasteiger partial charge in [-0.2, -0.15) is 5.26 Å². The van der Waals surface area contributed by atoms with E-state index in [0.717, 1.165) is 0 Å². The van der Waals surface area contributed by atoms with E-state index in [-0.39, 0.29) is 40.4 Å². The minimum absolute atomic E-state index is 0.0216. The van der Waals surface area contributed by atoms with Crippen LogP contribution in [0.15, 0.2) is 46.8 Å². The van der Waals surface area contributed by atoms with Crippen molar-refractivity contribution in [2.45, 2.75) is 19.8 Å². The normalized spacial score (nSPS) is 16.6. The van der Waals surface area contributed by atoms with Gasteiger partial charge in [0.2, 0.25) is 0 Å². The number of allylic oxidation sites excluding steroid dienone is 2. The first-order valence-corrected chi connectivity index (χ1v) is 7.58. The molecule has 1 aromatic rings. The number of esters is 1. The van der Waals surface area contributed by atoms with Crippen LogP contribution in [0.1, 0.15) is 25.3 Å². The monoisotopic (exact) mass is 357 g/mol. The molecule has 1 aliphatic rings. The summed E-state index contributed by atoms with van der Waals surface area (Å²) in [5.41, 5.74) is -0.426. The van der Waals surface area contributed by atoms with Gasteiger partial charge in [0.15, 0.2) is 0 Å². The number of carboxylic acids is 1. The Balaban J connectivity index is 2.76. The van der Waals surface area contributed by atoms with E-state index in [9.17, 15) is 30.1 Å². The maximum absolute atomic E-state index is 12.4. The molecule has 0 bridgehead atoms. The Labute approximate surface area is 148 Å². The molecule has 134 valence electrons. The molecule has 0 aromatic heterocycles. The number of hydrogen-bond donors (Lipinski definition) is 2. The third kappa shape index (κ3) is 3.39. The van der Waals surface area contributed by atoms with Crippen molar-refractivity contribution < 1.29 is 24.4 Å². The number of nitrogens with zero attached hydrogens (tertiary/aromatic N) is 2. The average Bonchev–Trinajstić information content (AvgIpc) is 2.60. The molecule has 0 spiro atoms. The number of carbonyl (C=O) groups is 2. The van der Waals surface area contributed by atoms with Crippen molar-refractivity contribution in [3.05, 3.63) is 62.5 Å². The lowest BCUT2D eigenvalue weighted by Gasteiger charge is -2.28. The largest absolute Gasteiger partial charge is 0.478 e. The number of carboxylic acid groups (broad SMARTS) is 1. The molecule has 2 rings (SSSR count). The molecule has 0 saturated heterocycles. The average molecular weight is 357 g/mol. The van der Waals surface area contributed by atoms with Gasteiger partial charge >= 0.3 is 11.9 Å². The SMILES string of the molecule is CCOC(=O)C1=C(C#N)NC(C)=C(C(=O)O)C1c1cccc([N+](=O)[O-])c1. The Hall–Kier alpha value is -3.67. The predicted molar refractivity (Wildman–Crippen MR) is 88.6 cm³/mol. The number of rotatable bonds is 5. The summed E-state index contributed by atoms with van der Waals surface area (Å²) in [6.07, 6.45) is 0. The minimum atomic E-state index is -1.31. The molecule has 9 nitrogen and oxygen atoms in total. The standard InChI is InChI=1S/C17H15N3O6/c1-3-26-17(23)15-12(8-18)19-9(2)13(16(21)22)14(15)10-5-4-6-11(7-10)20(24)25/h4-7,14,19H,3H2,1-2H3,(H,21,22). The van der Waals surface area contributed by atoms with Gasteiger partial charge in [-0.05, 0) is 19.4 Å². The van der Waals surface area contributed by atoms with Crippen LogP contribution in [0, 0.1) is 21.4 Å². The van der Waals surface area contributed by atoms with Gasteiger partial charge in [0.05, 0.1) is 28.6 Å². The molecule has 0 saturated carbocycles. The molecule has 0 aliphatic carbocycles. The van der Waals surface area contributed by atoms with E-state index in [1.54, 1.807) is 6.92 Å². The second kappa shape index (κ2) is 7.48. The summed E-state index contributed by atoms with van der Waals surface area (Å²) in [5, 5.41) is 32.7. The third-order valence-corrected chi connectivity index (χ3v) is 3.82. The van der Waals surface area contributed by atoms with E-state index < -0.39 is 22.8 Å². The quantitative estimate of drug-likeness (QED) is 0.462. The smallest absolute Gasteiger partial charge is 0.337 e. The first-order chi connectivity index (χ1) is 12.3. The van der Waals surface area contributed by atoms with Crippen LogP contribution >= 0.6 is 0 Å².